The topological polar surface area (TPSA) is 32.3 Å². The lowest BCUT2D eigenvalue weighted by atomic mass is 9.93. The molecule has 0 aliphatic heterocycles. The van der Waals surface area contributed by atoms with Gasteiger partial charge in [0.05, 0.1) is 6.04 Å². The first-order valence-electron chi connectivity index (χ1n) is 7.42. The third-order valence-electron chi connectivity index (χ3n) is 3.97. The summed E-state index contributed by atoms with van der Waals surface area (Å²) in [6.45, 7) is 0.496. The van der Waals surface area contributed by atoms with Crippen molar-refractivity contribution in [3.8, 4) is 0 Å². The second-order valence-corrected chi connectivity index (χ2v) is 5.76. The van der Waals surface area contributed by atoms with Crippen LogP contribution in [0.1, 0.15) is 30.9 Å². The molecule has 2 unspecified atom stereocenters. The van der Waals surface area contributed by atoms with Crippen LogP contribution in [0.2, 0.25) is 0 Å². The van der Waals surface area contributed by atoms with E-state index < -0.39 is 0 Å². The third kappa shape index (κ3) is 4.39. The van der Waals surface area contributed by atoms with E-state index in [1.54, 1.807) is 6.07 Å². The average Bonchev–Trinajstić information content (AvgIpc) is 2.48. The fourth-order valence-corrected chi connectivity index (χ4v) is 2.69. The van der Waals surface area contributed by atoms with Crippen molar-refractivity contribution in [1.29, 1.82) is 0 Å². The smallest absolute Gasteiger partial charge is 0.223 e. The molecular formula is C17H23FN2O. The normalized spacial score (nSPS) is 19.5. The van der Waals surface area contributed by atoms with Crippen LogP contribution in [0, 0.1) is 11.7 Å². The van der Waals surface area contributed by atoms with E-state index >= 15 is 0 Å². The van der Waals surface area contributed by atoms with Crippen molar-refractivity contribution in [3.05, 3.63) is 47.8 Å². The average molecular weight is 290 g/mol. The first kappa shape index (κ1) is 15.7. The quantitative estimate of drug-likeness (QED) is 0.846. The van der Waals surface area contributed by atoms with Gasteiger partial charge in [-0.1, -0.05) is 24.3 Å². The van der Waals surface area contributed by atoms with Crippen molar-refractivity contribution >= 4 is 5.91 Å². The Morgan fingerprint density at radius 2 is 2.24 bits per heavy atom. The van der Waals surface area contributed by atoms with Crippen molar-refractivity contribution < 1.29 is 9.18 Å². The maximum atomic E-state index is 13.4. The molecule has 4 heteroatoms. The Hall–Kier alpha value is -1.68. The molecule has 1 aromatic rings. The van der Waals surface area contributed by atoms with Crippen LogP contribution in [0.4, 0.5) is 4.39 Å². The molecule has 1 amide bonds. The van der Waals surface area contributed by atoms with Gasteiger partial charge in [-0.25, -0.2) is 4.39 Å². The van der Waals surface area contributed by atoms with Crippen LogP contribution in [-0.2, 0) is 4.79 Å². The first-order valence-corrected chi connectivity index (χ1v) is 7.42. The number of hydrogen-bond acceptors (Lipinski definition) is 2. The van der Waals surface area contributed by atoms with E-state index in [4.69, 9.17) is 0 Å². The molecule has 2 atom stereocenters. The molecule has 1 aliphatic carbocycles. The summed E-state index contributed by atoms with van der Waals surface area (Å²) in [5, 5.41) is 3.01. The molecule has 0 radical (unpaired) electrons. The van der Waals surface area contributed by atoms with E-state index in [9.17, 15) is 9.18 Å². The molecule has 0 bridgehead atoms. The zero-order valence-electron chi connectivity index (χ0n) is 12.7. The summed E-state index contributed by atoms with van der Waals surface area (Å²) < 4.78 is 13.4. The number of halogens is 1. The minimum atomic E-state index is -0.247. The van der Waals surface area contributed by atoms with E-state index in [0.29, 0.717) is 6.54 Å². The van der Waals surface area contributed by atoms with E-state index in [1.165, 1.54) is 12.1 Å². The fourth-order valence-electron chi connectivity index (χ4n) is 2.69. The molecule has 1 N–H and O–H groups in total. The molecule has 114 valence electrons. The van der Waals surface area contributed by atoms with Crippen LogP contribution in [0.3, 0.4) is 0 Å². The number of carbonyl (C=O) groups is 1. The van der Waals surface area contributed by atoms with Crippen molar-refractivity contribution in [2.45, 2.75) is 25.3 Å². The second-order valence-electron chi connectivity index (χ2n) is 5.76. The van der Waals surface area contributed by atoms with Crippen LogP contribution in [0.15, 0.2) is 36.4 Å². The number of likely N-dealkylation sites (N-methyl/N-ethyl adjacent to an activating group) is 1. The SMILES string of the molecule is CN(C)C(CNC(=O)C1CC=CCC1)c1cccc(F)c1. The molecule has 0 saturated carbocycles. The monoisotopic (exact) mass is 290 g/mol. The molecule has 1 aliphatic rings. The van der Waals surface area contributed by atoms with Gasteiger partial charge in [0.2, 0.25) is 5.91 Å². The Kier molecular flexibility index (Phi) is 5.51. The first-order chi connectivity index (χ1) is 10.1. The summed E-state index contributed by atoms with van der Waals surface area (Å²) >= 11 is 0. The zero-order valence-corrected chi connectivity index (χ0v) is 12.7. The van der Waals surface area contributed by atoms with Crippen molar-refractivity contribution in [1.82, 2.24) is 10.2 Å². The molecule has 0 spiro atoms. The highest BCUT2D eigenvalue weighted by atomic mass is 19.1. The van der Waals surface area contributed by atoms with Gasteiger partial charge in [0.15, 0.2) is 0 Å². The predicted molar refractivity (Wildman–Crippen MR) is 82.3 cm³/mol. The van der Waals surface area contributed by atoms with Gasteiger partial charge in [-0.2, -0.15) is 0 Å². The number of allylic oxidation sites excluding steroid dienone is 2. The van der Waals surface area contributed by atoms with Crippen molar-refractivity contribution in [3.63, 3.8) is 0 Å². The van der Waals surface area contributed by atoms with E-state index in [2.05, 4.69) is 17.5 Å². The Labute approximate surface area is 125 Å². The molecule has 21 heavy (non-hydrogen) atoms. The molecule has 0 fully saturated rings. The lowest BCUT2D eigenvalue weighted by Gasteiger charge is -2.26. The lowest BCUT2D eigenvalue weighted by Crippen LogP contribution is -2.38. The van der Waals surface area contributed by atoms with Gasteiger partial charge in [0, 0.05) is 12.5 Å². The van der Waals surface area contributed by atoms with Crippen LogP contribution < -0.4 is 5.32 Å². The highest BCUT2D eigenvalue weighted by Crippen LogP contribution is 2.20. The molecule has 3 nitrogen and oxygen atoms in total. The Morgan fingerprint density at radius 1 is 1.43 bits per heavy atom. The largest absolute Gasteiger partial charge is 0.354 e. The van der Waals surface area contributed by atoms with Gasteiger partial charge in [-0.3, -0.25) is 4.79 Å². The molecule has 0 heterocycles. The number of amides is 1. The van der Waals surface area contributed by atoms with Gasteiger partial charge in [0.25, 0.3) is 0 Å². The van der Waals surface area contributed by atoms with Crippen LogP contribution >= 0.6 is 0 Å². The van der Waals surface area contributed by atoms with E-state index in [1.807, 2.05) is 25.1 Å². The summed E-state index contributed by atoms with van der Waals surface area (Å²) in [4.78, 5) is 14.2. The maximum Gasteiger partial charge on any atom is 0.223 e. The minimum absolute atomic E-state index is 0.0243. The number of hydrogen-bond donors (Lipinski definition) is 1. The predicted octanol–water partition coefficient (Wildman–Crippen LogP) is 2.90. The number of carbonyl (C=O) groups excluding carboxylic acids is 1. The van der Waals surface area contributed by atoms with Gasteiger partial charge >= 0.3 is 0 Å². The third-order valence-corrected chi connectivity index (χ3v) is 3.97. The second kappa shape index (κ2) is 7.36. The van der Waals surface area contributed by atoms with E-state index in [-0.39, 0.29) is 23.7 Å². The molecule has 0 aromatic heterocycles. The standard InChI is InChI=1S/C17H23FN2O/c1-20(2)16(14-9-6-10-15(18)11-14)12-19-17(21)13-7-4-3-5-8-13/h3-4,6,9-11,13,16H,5,7-8,12H2,1-2H3,(H,19,21). The van der Waals surface area contributed by atoms with Crippen LogP contribution in [0.5, 0.6) is 0 Å². The van der Waals surface area contributed by atoms with Gasteiger partial charge < -0.3 is 10.2 Å². The summed E-state index contributed by atoms with van der Waals surface area (Å²) in [6, 6.07) is 6.53. The summed E-state index contributed by atoms with van der Waals surface area (Å²) in [7, 11) is 3.87. The van der Waals surface area contributed by atoms with Crippen LogP contribution in [0.25, 0.3) is 0 Å². The molecular weight excluding hydrogens is 267 g/mol. The Morgan fingerprint density at radius 3 is 2.86 bits per heavy atom. The zero-order chi connectivity index (χ0) is 15.2. The Bertz CT molecular complexity index is 513. The van der Waals surface area contributed by atoms with Gasteiger partial charge in [-0.05, 0) is 51.1 Å². The van der Waals surface area contributed by atoms with Crippen molar-refractivity contribution in [2.75, 3.05) is 20.6 Å². The van der Waals surface area contributed by atoms with Gasteiger partial charge in [-0.15, -0.1) is 0 Å². The number of nitrogens with one attached hydrogen (secondary N) is 1. The number of benzene rings is 1. The highest BCUT2D eigenvalue weighted by Gasteiger charge is 2.21. The molecule has 0 saturated heterocycles. The summed E-state index contributed by atoms with van der Waals surface area (Å²) in [5.41, 5.74) is 0.879. The van der Waals surface area contributed by atoms with Crippen molar-refractivity contribution in [2.24, 2.45) is 5.92 Å². The molecule has 1 aromatic carbocycles. The lowest BCUT2D eigenvalue weighted by molar-refractivity contribution is -0.125. The summed E-state index contributed by atoms with van der Waals surface area (Å²) in [6.07, 6.45) is 6.90. The summed E-state index contributed by atoms with van der Waals surface area (Å²) in [5.74, 6) is -0.0731. The molecule has 2 rings (SSSR count). The van der Waals surface area contributed by atoms with Crippen LogP contribution in [-0.4, -0.2) is 31.4 Å². The highest BCUT2D eigenvalue weighted by molar-refractivity contribution is 5.79. The van der Waals surface area contributed by atoms with E-state index in [0.717, 1.165) is 24.8 Å². The van der Waals surface area contributed by atoms with Gasteiger partial charge in [0.1, 0.15) is 5.82 Å². The minimum Gasteiger partial charge on any atom is -0.354 e. The number of nitrogens with zero attached hydrogens (tertiary/aromatic N) is 1. The Balaban J connectivity index is 1.97. The fraction of sp³-hybridized carbons (Fsp3) is 0.471. The maximum absolute atomic E-state index is 13.4. The number of rotatable bonds is 5.